The van der Waals surface area contributed by atoms with Gasteiger partial charge in [-0.2, -0.15) is 0 Å². The van der Waals surface area contributed by atoms with Crippen molar-refractivity contribution in [3.63, 3.8) is 0 Å². The summed E-state index contributed by atoms with van der Waals surface area (Å²) in [7, 11) is -1.00. The molecule has 2 nitrogen and oxygen atoms in total. The molecule has 0 unspecified atom stereocenters. The summed E-state index contributed by atoms with van der Waals surface area (Å²) in [5, 5.41) is 0. The topological polar surface area (TPSA) is 18.5 Å². The van der Waals surface area contributed by atoms with Crippen LogP contribution in [0.15, 0.2) is 12.1 Å². The van der Waals surface area contributed by atoms with E-state index in [1.54, 1.807) is 6.92 Å². The molecule has 0 bridgehead atoms. The highest BCUT2D eigenvalue weighted by Crippen LogP contribution is 2.36. The Balaban J connectivity index is 2.42. The van der Waals surface area contributed by atoms with Crippen LogP contribution in [0.25, 0.3) is 0 Å². The summed E-state index contributed by atoms with van der Waals surface area (Å²) >= 11 is 0. The molecule has 98 valence electrons. The number of hydrogen-bond acceptors (Lipinski definition) is 2. The fraction of sp³-hybridized carbons (Fsp3) is 0.538. The lowest BCUT2D eigenvalue weighted by molar-refractivity contribution is 0.00578. The Hall–Kier alpha value is -0.935. The Labute approximate surface area is 106 Å². The molecular weight excluding hydrogens is 237 g/mol. The maximum Gasteiger partial charge on any atom is 0.500 e. The van der Waals surface area contributed by atoms with Gasteiger partial charge >= 0.3 is 7.12 Å². The van der Waals surface area contributed by atoms with E-state index in [0.717, 1.165) is 0 Å². The molecule has 0 N–H and O–H groups in total. The second-order valence-electron chi connectivity index (χ2n) is 5.73. The molecule has 0 atom stereocenters. The van der Waals surface area contributed by atoms with Gasteiger partial charge in [0.25, 0.3) is 0 Å². The van der Waals surface area contributed by atoms with Crippen LogP contribution >= 0.6 is 0 Å². The molecule has 1 aromatic carbocycles. The van der Waals surface area contributed by atoms with Crippen molar-refractivity contribution in [1.29, 1.82) is 0 Å². The molecule has 0 aliphatic carbocycles. The van der Waals surface area contributed by atoms with Crippen molar-refractivity contribution in [3.05, 3.63) is 29.3 Å². The molecule has 0 spiro atoms. The normalized spacial score (nSPS) is 21.4. The molecule has 1 aliphatic rings. The van der Waals surface area contributed by atoms with E-state index in [0.29, 0.717) is 5.56 Å². The van der Waals surface area contributed by atoms with Crippen LogP contribution in [0, 0.1) is 18.6 Å². The van der Waals surface area contributed by atoms with Crippen molar-refractivity contribution in [1.82, 2.24) is 0 Å². The first kappa shape index (κ1) is 13.5. The van der Waals surface area contributed by atoms with Gasteiger partial charge in [0.15, 0.2) is 0 Å². The Morgan fingerprint density at radius 3 is 1.72 bits per heavy atom. The molecule has 1 saturated heterocycles. The van der Waals surface area contributed by atoms with Crippen LogP contribution in [0.1, 0.15) is 33.3 Å². The van der Waals surface area contributed by atoms with Gasteiger partial charge in [-0.3, -0.25) is 0 Å². The molecule has 1 fully saturated rings. The second-order valence-corrected chi connectivity index (χ2v) is 5.73. The van der Waals surface area contributed by atoms with E-state index >= 15 is 0 Å². The fourth-order valence-electron chi connectivity index (χ4n) is 1.90. The van der Waals surface area contributed by atoms with Gasteiger partial charge in [0.05, 0.1) is 16.7 Å². The average molecular weight is 254 g/mol. The maximum absolute atomic E-state index is 13.9. The molecule has 0 radical (unpaired) electrons. The van der Waals surface area contributed by atoms with Gasteiger partial charge in [-0.15, -0.1) is 0 Å². The predicted octanol–water partition coefficient (Wildman–Crippen LogP) is 2.57. The summed E-state index contributed by atoms with van der Waals surface area (Å²) in [5.74, 6) is -1.27. The fourth-order valence-corrected chi connectivity index (χ4v) is 1.90. The van der Waals surface area contributed by atoms with Crippen molar-refractivity contribution in [3.8, 4) is 0 Å². The SMILES string of the molecule is Cc1cc(F)c(B2OC(C)(C)C(C)(C)O2)c(F)c1. The molecular formula is C13H17BF2O2. The van der Waals surface area contributed by atoms with E-state index in [9.17, 15) is 8.78 Å². The van der Waals surface area contributed by atoms with Gasteiger partial charge in [-0.1, -0.05) is 0 Å². The van der Waals surface area contributed by atoms with Crippen molar-refractivity contribution in [2.75, 3.05) is 0 Å². The minimum absolute atomic E-state index is 0.153. The summed E-state index contributed by atoms with van der Waals surface area (Å²) in [6.07, 6.45) is 0. The van der Waals surface area contributed by atoms with Gasteiger partial charge in [-0.25, -0.2) is 8.78 Å². The van der Waals surface area contributed by atoms with Crippen LogP contribution in [-0.4, -0.2) is 18.3 Å². The highest BCUT2D eigenvalue weighted by atomic mass is 19.1. The first-order valence-corrected chi connectivity index (χ1v) is 5.95. The van der Waals surface area contributed by atoms with E-state index in [1.807, 2.05) is 27.7 Å². The average Bonchev–Trinajstić information content (AvgIpc) is 2.32. The third-order valence-corrected chi connectivity index (χ3v) is 3.71. The molecule has 5 heteroatoms. The summed E-state index contributed by atoms with van der Waals surface area (Å²) in [4.78, 5) is 0. The van der Waals surface area contributed by atoms with Crippen LogP contribution in [0.5, 0.6) is 0 Å². The van der Waals surface area contributed by atoms with Crippen molar-refractivity contribution in [2.24, 2.45) is 0 Å². The standard InChI is InChI=1S/C13H17BF2O2/c1-8-6-9(15)11(10(16)7-8)14-17-12(2,3)13(4,5)18-14/h6-7H,1-5H3. The second kappa shape index (κ2) is 4.03. The van der Waals surface area contributed by atoms with Crippen LogP contribution in [0.4, 0.5) is 8.78 Å². The zero-order valence-corrected chi connectivity index (χ0v) is 11.3. The third kappa shape index (κ3) is 2.06. The monoisotopic (exact) mass is 254 g/mol. The van der Waals surface area contributed by atoms with Gasteiger partial charge in [0, 0.05) is 0 Å². The predicted molar refractivity (Wildman–Crippen MR) is 66.8 cm³/mol. The molecule has 1 aliphatic heterocycles. The number of halogens is 2. The van der Waals surface area contributed by atoms with Crippen LogP contribution in [0.3, 0.4) is 0 Å². The van der Waals surface area contributed by atoms with Crippen molar-refractivity contribution < 1.29 is 18.1 Å². The number of hydrogen-bond donors (Lipinski definition) is 0. The summed E-state index contributed by atoms with van der Waals surface area (Å²) in [6.45, 7) is 9.02. The minimum atomic E-state index is -1.00. The Morgan fingerprint density at radius 1 is 0.944 bits per heavy atom. The summed E-state index contributed by atoms with van der Waals surface area (Å²) in [5.41, 5.74) is -0.840. The highest BCUT2D eigenvalue weighted by molar-refractivity contribution is 6.62. The van der Waals surface area contributed by atoms with Crippen molar-refractivity contribution >= 4 is 12.6 Å². The van der Waals surface area contributed by atoms with Gasteiger partial charge in [0.1, 0.15) is 11.6 Å². The Morgan fingerprint density at radius 2 is 1.33 bits per heavy atom. The number of aryl methyl sites for hydroxylation is 1. The third-order valence-electron chi connectivity index (χ3n) is 3.71. The minimum Gasteiger partial charge on any atom is -0.399 e. The summed E-state index contributed by atoms with van der Waals surface area (Å²) < 4.78 is 39.0. The van der Waals surface area contributed by atoms with Crippen molar-refractivity contribution in [2.45, 2.75) is 45.8 Å². The molecule has 0 aromatic heterocycles. The smallest absolute Gasteiger partial charge is 0.399 e. The van der Waals surface area contributed by atoms with Gasteiger partial charge in [0.2, 0.25) is 0 Å². The zero-order valence-electron chi connectivity index (χ0n) is 11.3. The highest BCUT2D eigenvalue weighted by Gasteiger charge is 2.53. The molecule has 18 heavy (non-hydrogen) atoms. The van der Waals surface area contributed by atoms with E-state index in [2.05, 4.69) is 0 Å². The summed E-state index contributed by atoms with van der Waals surface area (Å²) in [6, 6.07) is 2.56. The van der Waals surface area contributed by atoms with E-state index in [4.69, 9.17) is 9.31 Å². The van der Waals surface area contributed by atoms with Gasteiger partial charge in [-0.05, 0) is 52.3 Å². The van der Waals surface area contributed by atoms with E-state index in [1.165, 1.54) is 12.1 Å². The van der Waals surface area contributed by atoms with Gasteiger partial charge < -0.3 is 9.31 Å². The number of rotatable bonds is 1. The molecule has 0 amide bonds. The molecule has 1 heterocycles. The van der Waals surface area contributed by atoms with Crippen LogP contribution < -0.4 is 5.46 Å². The zero-order chi connectivity index (χ0) is 13.7. The largest absolute Gasteiger partial charge is 0.500 e. The maximum atomic E-state index is 13.9. The van der Waals surface area contributed by atoms with Crippen LogP contribution in [-0.2, 0) is 9.31 Å². The van der Waals surface area contributed by atoms with E-state index < -0.39 is 30.0 Å². The molecule has 2 rings (SSSR count). The first-order valence-electron chi connectivity index (χ1n) is 5.95. The first-order chi connectivity index (χ1) is 8.14. The van der Waals surface area contributed by atoms with Crippen LogP contribution in [0.2, 0.25) is 0 Å². The lowest BCUT2D eigenvalue weighted by Gasteiger charge is -2.32. The van der Waals surface area contributed by atoms with E-state index in [-0.39, 0.29) is 5.46 Å². The lowest BCUT2D eigenvalue weighted by Crippen LogP contribution is -2.41. The number of benzene rings is 1. The Kier molecular flexibility index (Phi) is 3.02. The lowest BCUT2D eigenvalue weighted by atomic mass is 9.78. The Bertz CT molecular complexity index is 447. The quantitative estimate of drug-likeness (QED) is 0.717. The molecule has 1 aromatic rings. The molecule has 0 saturated carbocycles.